The van der Waals surface area contributed by atoms with Crippen molar-refractivity contribution in [2.75, 3.05) is 16.8 Å². The number of carbonyl (C=O) groups excluding carboxylic acids is 1. The highest BCUT2D eigenvalue weighted by Gasteiger charge is 2.38. The van der Waals surface area contributed by atoms with Crippen LogP contribution in [0.3, 0.4) is 0 Å². The van der Waals surface area contributed by atoms with E-state index < -0.39 is 6.04 Å². The molecule has 3 heterocycles. The molecule has 2 aromatic heterocycles. The summed E-state index contributed by atoms with van der Waals surface area (Å²) in [5.41, 5.74) is 3.44. The van der Waals surface area contributed by atoms with Crippen molar-refractivity contribution in [3.63, 3.8) is 0 Å². The van der Waals surface area contributed by atoms with Crippen molar-refractivity contribution in [3.8, 4) is 27.9 Å². The zero-order valence-electron chi connectivity index (χ0n) is 18.4. The maximum atomic E-state index is 13.4. The summed E-state index contributed by atoms with van der Waals surface area (Å²) in [5.74, 6) is 0.694. The lowest BCUT2D eigenvalue weighted by Crippen LogP contribution is -2.50. The molecule has 168 valence electrons. The van der Waals surface area contributed by atoms with E-state index in [0.29, 0.717) is 29.3 Å². The fourth-order valence-corrected chi connectivity index (χ4v) is 4.82. The van der Waals surface area contributed by atoms with E-state index in [0.717, 1.165) is 21.7 Å². The Labute approximate surface area is 199 Å². The minimum Gasteiger partial charge on any atom is -0.312 e. The minimum absolute atomic E-state index is 0.0556. The van der Waals surface area contributed by atoms with Crippen molar-refractivity contribution >= 4 is 34.6 Å². The monoisotopic (exact) mass is 470 g/mol. The van der Waals surface area contributed by atoms with Gasteiger partial charge in [0.2, 0.25) is 5.91 Å². The third kappa shape index (κ3) is 3.58. The summed E-state index contributed by atoms with van der Waals surface area (Å²) in [6.07, 6.45) is 3.92. The number of likely N-dealkylation sites (N-methyl/N-ethyl adjacent to an activating group) is 1. The Bertz CT molecular complexity index is 1410. The summed E-state index contributed by atoms with van der Waals surface area (Å²) in [6.45, 7) is 1.95. The Balaban J connectivity index is 1.66. The van der Waals surface area contributed by atoms with Gasteiger partial charge in [-0.15, -0.1) is 0 Å². The average molecular weight is 471 g/mol. The van der Waals surface area contributed by atoms with Crippen LogP contribution in [-0.2, 0) is 4.79 Å². The molecule has 0 radical (unpaired) electrons. The number of nitriles is 1. The number of aromatic nitrogens is 3. The molecule has 1 amide bonds. The van der Waals surface area contributed by atoms with E-state index >= 15 is 0 Å². The van der Waals surface area contributed by atoms with Gasteiger partial charge in [0.15, 0.2) is 11.6 Å². The molecule has 1 aliphatic rings. The van der Waals surface area contributed by atoms with E-state index in [9.17, 15) is 14.4 Å². The first-order valence-electron chi connectivity index (χ1n) is 10.7. The Morgan fingerprint density at radius 3 is 2.53 bits per heavy atom. The van der Waals surface area contributed by atoms with Crippen molar-refractivity contribution in [1.82, 2.24) is 14.3 Å². The van der Waals surface area contributed by atoms with Crippen molar-refractivity contribution < 1.29 is 9.18 Å². The molecule has 1 unspecified atom stereocenters. The van der Waals surface area contributed by atoms with Gasteiger partial charge in [-0.05, 0) is 59.9 Å². The number of fused-ring (bicyclic) bond motifs is 1. The van der Waals surface area contributed by atoms with E-state index in [2.05, 4.69) is 15.4 Å². The summed E-state index contributed by atoms with van der Waals surface area (Å²) in [7, 11) is 1.72. The molecule has 0 N–H and O–H groups in total. The van der Waals surface area contributed by atoms with Gasteiger partial charge in [-0.25, -0.2) is 14.4 Å². The van der Waals surface area contributed by atoms with Gasteiger partial charge in [-0.2, -0.15) is 9.64 Å². The molecule has 0 saturated carbocycles. The summed E-state index contributed by atoms with van der Waals surface area (Å²) in [5, 5.41) is 9.18. The number of rotatable bonds is 4. The van der Waals surface area contributed by atoms with Crippen molar-refractivity contribution in [2.45, 2.75) is 19.4 Å². The number of benzene rings is 2. The zero-order valence-corrected chi connectivity index (χ0v) is 19.3. The number of halogens is 1. The second-order valence-corrected chi connectivity index (χ2v) is 8.63. The molecule has 5 rings (SSSR count). The number of carbonyl (C=O) groups is 1. The van der Waals surface area contributed by atoms with E-state index in [4.69, 9.17) is 4.98 Å². The molecule has 2 aromatic carbocycles. The molecular weight excluding hydrogens is 451 g/mol. The first-order chi connectivity index (χ1) is 16.5. The lowest BCUT2D eigenvalue weighted by Gasteiger charge is -2.40. The highest BCUT2D eigenvalue weighted by molar-refractivity contribution is 7.10. The van der Waals surface area contributed by atoms with Crippen LogP contribution in [0.2, 0.25) is 0 Å². The fraction of sp³-hybridized carbons (Fsp3) is 0.160. The van der Waals surface area contributed by atoms with E-state index in [1.54, 1.807) is 48.6 Å². The third-order valence-electron chi connectivity index (χ3n) is 5.85. The lowest BCUT2D eigenvalue weighted by molar-refractivity contribution is -0.119. The van der Waals surface area contributed by atoms with E-state index in [1.807, 2.05) is 24.0 Å². The standard InChI is InChI=1S/C25H19FN6OS/c1-3-20-25(33)31(2)21-14-28-23(19-13-29-34-22(19)16-6-8-17(26)9-7-16)30-24(21)32(20)18-10-4-15(12-27)5-11-18/h4-11,13-14,20H,3H2,1-2H3. The van der Waals surface area contributed by atoms with Gasteiger partial charge in [0.25, 0.3) is 0 Å². The van der Waals surface area contributed by atoms with E-state index in [1.165, 1.54) is 23.7 Å². The van der Waals surface area contributed by atoms with E-state index in [-0.39, 0.29) is 11.7 Å². The first kappa shape index (κ1) is 21.7. The van der Waals surface area contributed by atoms with Crippen LogP contribution >= 0.6 is 11.5 Å². The van der Waals surface area contributed by atoms with Crippen molar-refractivity contribution in [3.05, 3.63) is 72.3 Å². The third-order valence-corrected chi connectivity index (χ3v) is 6.69. The van der Waals surface area contributed by atoms with Crippen LogP contribution in [0.15, 0.2) is 60.9 Å². The van der Waals surface area contributed by atoms with Crippen LogP contribution in [-0.4, -0.2) is 33.3 Å². The molecule has 34 heavy (non-hydrogen) atoms. The molecule has 0 aliphatic carbocycles. The molecule has 9 heteroatoms. The van der Waals surface area contributed by atoms with Gasteiger partial charge in [-0.1, -0.05) is 19.1 Å². The zero-order chi connectivity index (χ0) is 23.8. The van der Waals surface area contributed by atoms with Crippen molar-refractivity contribution in [2.24, 2.45) is 0 Å². The molecule has 1 aliphatic heterocycles. The quantitative estimate of drug-likeness (QED) is 0.409. The summed E-state index contributed by atoms with van der Waals surface area (Å²) >= 11 is 1.29. The topological polar surface area (TPSA) is 86.0 Å². The highest BCUT2D eigenvalue weighted by atomic mass is 32.1. The van der Waals surface area contributed by atoms with Gasteiger partial charge in [0, 0.05) is 12.7 Å². The van der Waals surface area contributed by atoms with Gasteiger partial charge >= 0.3 is 0 Å². The molecule has 0 bridgehead atoms. The number of nitrogens with zero attached hydrogens (tertiary/aromatic N) is 6. The molecule has 4 aromatic rings. The lowest BCUT2D eigenvalue weighted by atomic mass is 10.1. The predicted molar refractivity (Wildman–Crippen MR) is 129 cm³/mol. The van der Waals surface area contributed by atoms with Crippen LogP contribution in [0.5, 0.6) is 0 Å². The second kappa shape index (κ2) is 8.65. The summed E-state index contributed by atoms with van der Waals surface area (Å²) in [6, 6.07) is 15.0. The Morgan fingerprint density at radius 2 is 1.85 bits per heavy atom. The Hall–Kier alpha value is -4.16. The number of anilines is 3. The Kier molecular flexibility index (Phi) is 5.51. The maximum absolute atomic E-state index is 13.4. The second-order valence-electron chi connectivity index (χ2n) is 7.83. The molecule has 0 fully saturated rings. The fourth-order valence-electron chi connectivity index (χ4n) is 4.07. The van der Waals surface area contributed by atoms with Crippen LogP contribution < -0.4 is 9.80 Å². The first-order valence-corrected chi connectivity index (χ1v) is 11.4. The SMILES string of the molecule is CCC1C(=O)N(C)c2cnc(-c3cnsc3-c3ccc(F)cc3)nc2N1c1ccc(C#N)cc1. The maximum Gasteiger partial charge on any atom is 0.250 e. The summed E-state index contributed by atoms with van der Waals surface area (Å²) < 4.78 is 17.8. The largest absolute Gasteiger partial charge is 0.312 e. The molecule has 1 atom stereocenters. The van der Waals surface area contributed by atoms with Crippen molar-refractivity contribution in [1.29, 1.82) is 5.26 Å². The molecule has 0 spiro atoms. The average Bonchev–Trinajstić information content (AvgIpc) is 3.36. The number of hydrogen-bond acceptors (Lipinski definition) is 7. The van der Waals surface area contributed by atoms with Gasteiger partial charge in [0.05, 0.1) is 34.5 Å². The molecular formula is C25H19FN6OS. The predicted octanol–water partition coefficient (Wildman–Crippen LogP) is 5.17. The summed E-state index contributed by atoms with van der Waals surface area (Å²) in [4.78, 5) is 26.9. The molecule has 0 saturated heterocycles. The van der Waals surface area contributed by atoms with Crippen LogP contribution in [0.1, 0.15) is 18.9 Å². The number of amides is 1. The normalized spacial score (nSPS) is 15.2. The smallest absolute Gasteiger partial charge is 0.250 e. The van der Waals surface area contributed by atoms with Gasteiger partial charge in [0.1, 0.15) is 17.5 Å². The van der Waals surface area contributed by atoms with Crippen LogP contribution in [0, 0.1) is 17.1 Å². The number of hydrogen-bond donors (Lipinski definition) is 0. The van der Waals surface area contributed by atoms with Gasteiger partial charge in [-0.3, -0.25) is 4.79 Å². The molecule has 7 nitrogen and oxygen atoms in total. The highest BCUT2D eigenvalue weighted by Crippen LogP contribution is 2.41. The Morgan fingerprint density at radius 1 is 1.12 bits per heavy atom. The van der Waals surface area contributed by atoms with Crippen LogP contribution in [0.4, 0.5) is 21.6 Å². The van der Waals surface area contributed by atoms with Crippen LogP contribution in [0.25, 0.3) is 21.8 Å². The minimum atomic E-state index is -0.453. The van der Waals surface area contributed by atoms with Gasteiger partial charge < -0.3 is 9.80 Å².